The molecular formula is C24H36O6. The molecule has 0 aromatic carbocycles. The van der Waals surface area contributed by atoms with Crippen molar-refractivity contribution in [3.63, 3.8) is 0 Å². The van der Waals surface area contributed by atoms with Gasteiger partial charge in [0, 0.05) is 19.8 Å². The zero-order valence-corrected chi connectivity index (χ0v) is 18.8. The van der Waals surface area contributed by atoms with Crippen molar-refractivity contribution in [3.05, 3.63) is 35.5 Å². The molecule has 5 atom stereocenters. The van der Waals surface area contributed by atoms with E-state index in [0.717, 1.165) is 17.4 Å². The first-order chi connectivity index (χ1) is 14.1. The van der Waals surface area contributed by atoms with Crippen LogP contribution in [-0.2, 0) is 23.9 Å². The van der Waals surface area contributed by atoms with Crippen molar-refractivity contribution < 1.29 is 29.0 Å². The molecule has 1 N–H and O–H groups in total. The largest absolute Gasteiger partial charge is 0.465 e. The summed E-state index contributed by atoms with van der Waals surface area (Å²) in [5.74, 6) is -1.52. The van der Waals surface area contributed by atoms with Crippen LogP contribution in [-0.4, -0.2) is 42.1 Å². The van der Waals surface area contributed by atoms with Crippen LogP contribution in [0, 0.1) is 17.8 Å². The van der Waals surface area contributed by atoms with Crippen LogP contribution in [0.4, 0.5) is 0 Å². The van der Waals surface area contributed by atoms with Crippen molar-refractivity contribution in [2.24, 2.45) is 17.8 Å². The normalized spacial score (nSPS) is 27.6. The highest BCUT2D eigenvalue weighted by molar-refractivity contribution is 5.74. The number of hydrogen-bond acceptors (Lipinski definition) is 6. The van der Waals surface area contributed by atoms with E-state index in [1.165, 1.54) is 13.8 Å². The van der Waals surface area contributed by atoms with Crippen LogP contribution >= 0.6 is 0 Å². The minimum atomic E-state index is -0.699. The van der Waals surface area contributed by atoms with E-state index in [-0.39, 0.29) is 24.4 Å². The lowest BCUT2D eigenvalue weighted by Crippen LogP contribution is -2.38. The van der Waals surface area contributed by atoms with E-state index in [0.29, 0.717) is 31.3 Å². The Labute approximate surface area is 180 Å². The number of carbonyl (C=O) groups is 3. The molecule has 1 rings (SSSR count). The van der Waals surface area contributed by atoms with E-state index in [1.54, 1.807) is 0 Å². The van der Waals surface area contributed by atoms with E-state index in [4.69, 9.17) is 9.47 Å². The molecule has 1 aliphatic rings. The number of hydrogen-bond donors (Lipinski definition) is 1. The van der Waals surface area contributed by atoms with Gasteiger partial charge in [-0.1, -0.05) is 31.2 Å². The number of aliphatic hydroxyl groups excluding tert-OH is 1. The highest BCUT2D eigenvalue weighted by atomic mass is 16.5. The maximum atomic E-state index is 11.8. The second kappa shape index (κ2) is 12.5. The lowest BCUT2D eigenvalue weighted by atomic mass is 9.72. The fraction of sp³-hybridized carbons (Fsp3) is 0.625. The van der Waals surface area contributed by atoms with Gasteiger partial charge in [0.05, 0.1) is 12.7 Å². The quantitative estimate of drug-likeness (QED) is 0.345. The van der Waals surface area contributed by atoms with Gasteiger partial charge in [0.25, 0.3) is 0 Å². The minimum Gasteiger partial charge on any atom is -0.465 e. The van der Waals surface area contributed by atoms with Crippen LogP contribution in [0.1, 0.15) is 60.3 Å². The molecule has 0 amide bonds. The van der Waals surface area contributed by atoms with Crippen LogP contribution in [0.25, 0.3) is 0 Å². The SMILES string of the molecule is C=C(C)C(CC[C@@H](C)[C@@H]1[C@H](O)C/C(C)=C/C/C=C(/C=O)[C@H]1COC(C)=O)OC(C)=O. The maximum Gasteiger partial charge on any atom is 0.303 e. The van der Waals surface area contributed by atoms with Gasteiger partial charge in [0.2, 0.25) is 0 Å². The third-order valence-electron chi connectivity index (χ3n) is 5.69. The Morgan fingerprint density at radius 2 is 1.90 bits per heavy atom. The summed E-state index contributed by atoms with van der Waals surface area (Å²) in [5.41, 5.74) is 2.35. The zero-order valence-electron chi connectivity index (χ0n) is 18.8. The van der Waals surface area contributed by atoms with Crippen molar-refractivity contribution in [3.8, 4) is 0 Å². The van der Waals surface area contributed by atoms with E-state index in [9.17, 15) is 19.5 Å². The van der Waals surface area contributed by atoms with Crippen LogP contribution in [0.2, 0.25) is 0 Å². The van der Waals surface area contributed by atoms with Crippen molar-refractivity contribution in [2.75, 3.05) is 6.61 Å². The van der Waals surface area contributed by atoms with Gasteiger partial charge >= 0.3 is 11.9 Å². The number of carbonyl (C=O) groups excluding carboxylic acids is 3. The molecule has 6 nitrogen and oxygen atoms in total. The number of ether oxygens (including phenoxy) is 2. The molecule has 0 aromatic rings. The lowest BCUT2D eigenvalue weighted by molar-refractivity contribution is -0.145. The Balaban J connectivity index is 3.16. The smallest absolute Gasteiger partial charge is 0.303 e. The molecule has 1 unspecified atom stereocenters. The summed E-state index contributed by atoms with van der Waals surface area (Å²) in [5, 5.41) is 11.1. The number of esters is 2. The number of aldehydes is 1. The average Bonchev–Trinajstić information content (AvgIpc) is 2.69. The number of aliphatic hydroxyl groups is 1. The van der Waals surface area contributed by atoms with Crippen molar-refractivity contribution >= 4 is 18.2 Å². The maximum absolute atomic E-state index is 11.8. The molecule has 0 saturated carbocycles. The second-order valence-electron chi connectivity index (χ2n) is 8.37. The molecule has 0 fully saturated rings. The van der Waals surface area contributed by atoms with E-state index < -0.39 is 24.1 Å². The molecule has 168 valence electrons. The summed E-state index contributed by atoms with van der Waals surface area (Å²) < 4.78 is 10.6. The topological polar surface area (TPSA) is 89.9 Å². The molecule has 30 heavy (non-hydrogen) atoms. The van der Waals surface area contributed by atoms with Crippen LogP contribution in [0.5, 0.6) is 0 Å². The third kappa shape index (κ3) is 8.27. The predicted octanol–water partition coefficient (Wildman–Crippen LogP) is 3.93. The molecule has 0 saturated heterocycles. The van der Waals surface area contributed by atoms with Crippen LogP contribution < -0.4 is 0 Å². The van der Waals surface area contributed by atoms with Gasteiger partial charge in [-0.2, -0.15) is 0 Å². The summed E-state index contributed by atoms with van der Waals surface area (Å²) in [4.78, 5) is 34.7. The summed E-state index contributed by atoms with van der Waals surface area (Å²) in [6.07, 6.45) is 5.84. The van der Waals surface area contributed by atoms with E-state index in [1.807, 2.05) is 32.9 Å². The number of allylic oxidation sites excluding steroid dienone is 2. The first-order valence-corrected chi connectivity index (χ1v) is 10.5. The fourth-order valence-corrected chi connectivity index (χ4v) is 4.13. The van der Waals surface area contributed by atoms with Crippen molar-refractivity contribution in [1.82, 2.24) is 0 Å². The lowest BCUT2D eigenvalue weighted by Gasteiger charge is -2.36. The Hall–Kier alpha value is -2.21. The summed E-state index contributed by atoms with van der Waals surface area (Å²) in [6, 6.07) is 0. The molecule has 0 heterocycles. The summed E-state index contributed by atoms with van der Waals surface area (Å²) in [6.45, 7) is 12.4. The molecule has 0 aromatic heterocycles. The van der Waals surface area contributed by atoms with Crippen molar-refractivity contribution in [2.45, 2.75) is 72.5 Å². The van der Waals surface area contributed by atoms with Gasteiger partial charge < -0.3 is 14.6 Å². The van der Waals surface area contributed by atoms with Gasteiger partial charge in [-0.15, -0.1) is 0 Å². The van der Waals surface area contributed by atoms with Gasteiger partial charge in [-0.05, 0) is 62.5 Å². The molecule has 0 aliphatic heterocycles. The zero-order chi connectivity index (χ0) is 22.8. The Morgan fingerprint density at radius 1 is 1.23 bits per heavy atom. The first kappa shape index (κ1) is 25.8. The average molecular weight is 421 g/mol. The fourth-order valence-electron chi connectivity index (χ4n) is 4.13. The standard InChI is InChI=1S/C24H36O6/c1-15(2)23(30-19(6)27)11-10-17(4)24-21(14-29-18(5)26)20(13-25)9-7-8-16(3)12-22(24)28/h8-9,13,17,21-24,28H,1,7,10-12,14H2,2-6H3/b16-8+,20-9-/t17-,21-,22-,23?,24+/m1/s1. The Bertz CT molecular complexity index is 690. The Morgan fingerprint density at radius 3 is 2.43 bits per heavy atom. The van der Waals surface area contributed by atoms with Crippen molar-refractivity contribution in [1.29, 1.82) is 0 Å². The first-order valence-electron chi connectivity index (χ1n) is 10.5. The predicted molar refractivity (Wildman–Crippen MR) is 116 cm³/mol. The molecule has 0 bridgehead atoms. The highest BCUT2D eigenvalue weighted by Gasteiger charge is 2.36. The minimum absolute atomic E-state index is 0.0211. The van der Waals surface area contributed by atoms with Gasteiger partial charge in [0.1, 0.15) is 12.4 Å². The van der Waals surface area contributed by atoms with Crippen LogP contribution in [0.3, 0.4) is 0 Å². The molecule has 0 spiro atoms. The Kier molecular flexibility index (Phi) is 10.7. The van der Waals surface area contributed by atoms with E-state index >= 15 is 0 Å². The molecule has 0 radical (unpaired) electrons. The summed E-state index contributed by atoms with van der Waals surface area (Å²) >= 11 is 0. The van der Waals surface area contributed by atoms with Gasteiger partial charge in [0.15, 0.2) is 0 Å². The van der Waals surface area contributed by atoms with Crippen LogP contribution in [0.15, 0.2) is 35.5 Å². The second-order valence-corrected chi connectivity index (χ2v) is 8.37. The molecular weight excluding hydrogens is 384 g/mol. The van der Waals surface area contributed by atoms with Gasteiger partial charge in [-0.25, -0.2) is 0 Å². The summed E-state index contributed by atoms with van der Waals surface area (Å²) in [7, 11) is 0. The third-order valence-corrected chi connectivity index (χ3v) is 5.69. The monoisotopic (exact) mass is 420 g/mol. The van der Waals surface area contributed by atoms with E-state index in [2.05, 4.69) is 6.58 Å². The molecule has 6 heteroatoms. The van der Waals surface area contributed by atoms with Gasteiger partial charge in [-0.3, -0.25) is 14.4 Å². The molecule has 1 aliphatic carbocycles. The number of rotatable bonds is 9. The highest BCUT2D eigenvalue weighted by Crippen LogP contribution is 2.36.